The van der Waals surface area contributed by atoms with E-state index in [0.717, 1.165) is 31.5 Å². The number of hydrogen-bond donors (Lipinski definition) is 0. The molecule has 3 rings (SSSR count). The van der Waals surface area contributed by atoms with Gasteiger partial charge in [0.05, 0.1) is 6.54 Å². The lowest BCUT2D eigenvalue weighted by molar-refractivity contribution is -0.137. The van der Waals surface area contributed by atoms with Crippen molar-refractivity contribution >= 4 is 17.5 Å². The number of halogens is 1. The van der Waals surface area contributed by atoms with Crippen molar-refractivity contribution in [3.63, 3.8) is 0 Å². The zero-order valence-electron chi connectivity index (χ0n) is 17.6. The van der Waals surface area contributed by atoms with Gasteiger partial charge < -0.3 is 14.1 Å². The zero-order chi connectivity index (χ0) is 21.5. The van der Waals surface area contributed by atoms with Crippen LogP contribution in [0.25, 0.3) is 0 Å². The molecule has 0 aliphatic carbocycles. The van der Waals surface area contributed by atoms with E-state index >= 15 is 0 Å². The molecule has 162 valence electrons. The average Bonchev–Trinajstić information content (AvgIpc) is 2.75. The van der Waals surface area contributed by atoms with Gasteiger partial charge in [0.2, 0.25) is 17.1 Å². The Hall–Kier alpha value is -2.31. The molecule has 1 fully saturated rings. The molecule has 0 unspecified atom stereocenters. The molecule has 1 saturated heterocycles. The number of carbonyl (C=O) groups excluding carboxylic acids is 1. The van der Waals surface area contributed by atoms with Crippen LogP contribution in [0.2, 0.25) is 5.02 Å². The minimum absolute atomic E-state index is 0.118. The number of carbonyl (C=O) groups is 1. The first-order chi connectivity index (χ1) is 14.5. The van der Waals surface area contributed by atoms with Crippen LogP contribution in [0.5, 0.6) is 5.75 Å². The maximum absolute atomic E-state index is 12.5. The fraction of sp³-hybridized carbons (Fsp3) is 0.478. The molecule has 0 bridgehead atoms. The van der Waals surface area contributed by atoms with E-state index in [0.29, 0.717) is 30.4 Å². The highest BCUT2D eigenvalue weighted by atomic mass is 35.5. The van der Waals surface area contributed by atoms with Gasteiger partial charge in [-0.05, 0) is 18.9 Å². The van der Waals surface area contributed by atoms with Gasteiger partial charge in [-0.3, -0.25) is 14.5 Å². The second-order valence-corrected chi connectivity index (χ2v) is 7.98. The van der Waals surface area contributed by atoms with Crippen LogP contribution in [0.3, 0.4) is 0 Å². The van der Waals surface area contributed by atoms with Crippen molar-refractivity contribution in [1.29, 1.82) is 0 Å². The van der Waals surface area contributed by atoms with Crippen molar-refractivity contribution < 1.29 is 13.9 Å². The lowest BCUT2D eigenvalue weighted by Gasteiger charge is -2.36. The van der Waals surface area contributed by atoms with Crippen LogP contribution in [0.15, 0.2) is 45.8 Å². The van der Waals surface area contributed by atoms with E-state index in [-0.39, 0.29) is 29.6 Å². The molecule has 0 N–H and O–H groups in total. The number of amides is 1. The summed E-state index contributed by atoms with van der Waals surface area (Å²) >= 11 is 6.12. The van der Waals surface area contributed by atoms with Gasteiger partial charge >= 0.3 is 0 Å². The summed E-state index contributed by atoms with van der Waals surface area (Å²) in [6, 6.07) is 8.82. The van der Waals surface area contributed by atoms with E-state index in [1.54, 1.807) is 6.07 Å². The van der Waals surface area contributed by atoms with Crippen molar-refractivity contribution in [2.45, 2.75) is 39.8 Å². The average molecular weight is 433 g/mol. The highest BCUT2D eigenvalue weighted by Crippen LogP contribution is 2.18. The van der Waals surface area contributed by atoms with Crippen LogP contribution < -0.4 is 10.2 Å². The highest BCUT2D eigenvalue weighted by molar-refractivity contribution is 6.31. The Morgan fingerprint density at radius 1 is 1.17 bits per heavy atom. The second-order valence-electron chi connectivity index (χ2n) is 7.57. The summed E-state index contributed by atoms with van der Waals surface area (Å²) in [5.74, 6) is 1.13. The van der Waals surface area contributed by atoms with Gasteiger partial charge in [0.25, 0.3) is 0 Å². The quantitative estimate of drug-likeness (QED) is 0.632. The van der Waals surface area contributed by atoms with E-state index in [2.05, 4.69) is 18.7 Å². The molecule has 0 atom stereocenters. The maximum atomic E-state index is 12.5. The number of rotatable bonds is 8. The first-order valence-corrected chi connectivity index (χ1v) is 10.9. The molecule has 1 aromatic heterocycles. The molecule has 7 heteroatoms. The predicted octanol–water partition coefficient (Wildman–Crippen LogP) is 3.95. The summed E-state index contributed by atoms with van der Waals surface area (Å²) in [7, 11) is 0. The Kier molecular flexibility index (Phi) is 7.94. The summed E-state index contributed by atoms with van der Waals surface area (Å²) in [4.78, 5) is 29.0. The SMILES string of the molecule is CCC(CC)C(=O)N1CCN(Cc2cc(=O)c(OCc3ccccc3Cl)co2)CC1. The van der Waals surface area contributed by atoms with Gasteiger partial charge in [-0.15, -0.1) is 0 Å². The molecular weight excluding hydrogens is 404 g/mol. The molecule has 0 radical (unpaired) electrons. The molecule has 2 aromatic rings. The predicted molar refractivity (Wildman–Crippen MR) is 117 cm³/mol. The van der Waals surface area contributed by atoms with Gasteiger partial charge in [-0.25, -0.2) is 0 Å². The van der Waals surface area contributed by atoms with Gasteiger partial charge in [0.1, 0.15) is 18.6 Å². The van der Waals surface area contributed by atoms with Crippen LogP contribution in [-0.4, -0.2) is 41.9 Å². The van der Waals surface area contributed by atoms with E-state index in [1.165, 1.54) is 12.3 Å². The van der Waals surface area contributed by atoms with Gasteiger partial charge in [-0.1, -0.05) is 43.6 Å². The maximum Gasteiger partial charge on any atom is 0.227 e. The molecular formula is C23H29ClN2O4. The monoisotopic (exact) mass is 432 g/mol. The topological polar surface area (TPSA) is 63.0 Å². The van der Waals surface area contributed by atoms with E-state index in [9.17, 15) is 9.59 Å². The van der Waals surface area contributed by atoms with E-state index in [4.69, 9.17) is 20.8 Å². The minimum atomic E-state index is -0.217. The largest absolute Gasteiger partial charge is 0.482 e. The number of hydrogen-bond acceptors (Lipinski definition) is 5. The van der Waals surface area contributed by atoms with Crippen molar-refractivity contribution in [1.82, 2.24) is 9.80 Å². The van der Waals surface area contributed by atoms with Crippen LogP contribution in [-0.2, 0) is 17.9 Å². The molecule has 1 aliphatic heterocycles. The number of benzene rings is 1. The summed E-state index contributed by atoms with van der Waals surface area (Å²) in [6.07, 6.45) is 3.12. The van der Waals surface area contributed by atoms with E-state index in [1.807, 2.05) is 23.1 Å². The Labute approximate surface area is 182 Å². The molecule has 1 amide bonds. The molecule has 0 spiro atoms. The van der Waals surface area contributed by atoms with Gasteiger partial charge in [0.15, 0.2) is 0 Å². The highest BCUT2D eigenvalue weighted by Gasteiger charge is 2.25. The Morgan fingerprint density at radius 2 is 1.87 bits per heavy atom. The normalized spacial score (nSPS) is 14.9. The number of piperazine rings is 1. The third-order valence-electron chi connectivity index (χ3n) is 5.59. The van der Waals surface area contributed by atoms with Crippen LogP contribution in [0, 0.1) is 5.92 Å². The van der Waals surface area contributed by atoms with Crippen LogP contribution in [0.4, 0.5) is 0 Å². The Balaban J connectivity index is 1.52. The molecule has 2 heterocycles. The van der Waals surface area contributed by atoms with Crippen molar-refractivity contribution in [2.24, 2.45) is 5.92 Å². The Morgan fingerprint density at radius 3 is 2.50 bits per heavy atom. The lowest BCUT2D eigenvalue weighted by Crippen LogP contribution is -2.49. The third kappa shape index (κ3) is 5.64. The summed E-state index contributed by atoms with van der Waals surface area (Å²) < 4.78 is 11.2. The smallest absolute Gasteiger partial charge is 0.227 e. The van der Waals surface area contributed by atoms with Crippen LogP contribution in [0.1, 0.15) is 38.0 Å². The standard InChI is InChI=1S/C23H29ClN2O4/c1-3-17(4-2)23(28)26-11-9-25(10-12-26)14-19-13-21(27)22(16-29-19)30-15-18-7-5-6-8-20(18)24/h5-8,13,16-17H,3-4,9-12,14-15H2,1-2H3. The zero-order valence-corrected chi connectivity index (χ0v) is 18.4. The molecule has 6 nitrogen and oxygen atoms in total. The molecule has 30 heavy (non-hydrogen) atoms. The van der Waals surface area contributed by atoms with Crippen molar-refractivity contribution in [3.8, 4) is 5.75 Å². The fourth-order valence-electron chi connectivity index (χ4n) is 3.64. The summed E-state index contributed by atoms with van der Waals surface area (Å²) in [6.45, 7) is 7.81. The van der Waals surface area contributed by atoms with Crippen molar-refractivity contribution in [2.75, 3.05) is 26.2 Å². The minimum Gasteiger partial charge on any atom is -0.482 e. The van der Waals surface area contributed by atoms with Gasteiger partial charge in [-0.2, -0.15) is 0 Å². The Bertz CT molecular complexity index is 902. The number of nitrogens with zero attached hydrogens (tertiary/aromatic N) is 2. The molecule has 1 aromatic carbocycles. The first-order valence-electron chi connectivity index (χ1n) is 10.5. The molecule has 1 aliphatic rings. The molecule has 0 saturated carbocycles. The third-order valence-corrected chi connectivity index (χ3v) is 5.96. The van der Waals surface area contributed by atoms with E-state index < -0.39 is 0 Å². The van der Waals surface area contributed by atoms with Crippen molar-refractivity contribution in [3.05, 3.63) is 63.2 Å². The summed E-state index contributed by atoms with van der Waals surface area (Å²) in [5, 5.41) is 0.598. The van der Waals surface area contributed by atoms with Crippen LogP contribution >= 0.6 is 11.6 Å². The second kappa shape index (κ2) is 10.6. The summed E-state index contributed by atoms with van der Waals surface area (Å²) in [5.41, 5.74) is 0.592. The lowest BCUT2D eigenvalue weighted by atomic mass is 10.0. The fourth-order valence-corrected chi connectivity index (χ4v) is 3.83. The van der Waals surface area contributed by atoms with Gasteiger partial charge in [0, 0.05) is 48.7 Å². The number of ether oxygens (including phenoxy) is 1. The first kappa shape index (κ1) is 22.4.